The number of nitrogens with zero attached hydrogens (tertiary/aromatic N) is 1. The molecule has 274 valence electrons. The summed E-state index contributed by atoms with van der Waals surface area (Å²) in [7, 11) is -11.6. The van der Waals surface area contributed by atoms with Crippen LogP contribution in [0.5, 0.6) is 0 Å². The maximum Gasteiger partial charge on any atom is 0.483 e. The second kappa shape index (κ2) is 15.6. The summed E-state index contributed by atoms with van der Waals surface area (Å²) in [5.74, 6) is -2.83. The zero-order chi connectivity index (χ0) is 36.4. The van der Waals surface area contributed by atoms with Crippen LogP contribution in [0.15, 0.2) is 21.9 Å². The van der Waals surface area contributed by atoms with E-state index in [4.69, 9.17) is 18.7 Å². The Balaban J connectivity index is 1.78. The number of phosphoric ester groups is 2. The normalized spacial score (nSPS) is 33.6. The van der Waals surface area contributed by atoms with E-state index in [0.29, 0.717) is 4.57 Å². The predicted molar refractivity (Wildman–Crippen MR) is 148 cm³/mol. The number of carbonyl (C=O) groups is 2. The van der Waals surface area contributed by atoms with E-state index in [0.717, 1.165) is 26.1 Å². The van der Waals surface area contributed by atoms with Gasteiger partial charge in [-0.1, -0.05) is 0 Å². The zero-order valence-corrected chi connectivity index (χ0v) is 26.6. The topological polar surface area (TPSA) is 373 Å². The Bertz CT molecular complexity index is 1520. The van der Waals surface area contributed by atoms with E-state index in [2.05, 4.69) is 14.2 Å². The summed E-state index contributed by atoms with van der Waals surface area (Å²) in [6.07, 6.45) is -16.4. The first-order valence-corrected chi connectivity index (χ1v) is 16.6. The first kappa shape index (κ1) is 40.0. The summed E-state index contributed by atoms with van der Waals surface area (Å²) in [4.78, 5) is 69.6. The fourth-order valence-corrected chi connectivity index (χ4v) is 6.77. The number of carboxylic acids is 1. The minimum atomic E-state index is -5.87. The van der Waals surface area contributed by atoms with Crippen molar-refractivity contribution >= 4 is 27.5 Å². The molecule has 2 aliphatic heterocycles. The lowest BCUT2D eigenvalue weighted by Gasteiger charge is -2.46. The van der Waals surface area contributed by atoms with Gasteiger partial charge >= 0.3 is 27.3 Å². The van der Waals surface area contributed by atoms with Gasteiger partial charge in [0, 0.05) is 19.2 Å². The maximum absolute atomic E-state index is 12.9. The Morgan fingerprint density at radius 2 is 1.73 bits per heavy atom. The molecule has 2 saturated heterocycles. The molecule has 3 unspecified atom stereocenters. The number of aromatic amines is 1. The quantitative estimate of drug-likeness (QED) is 0.0747. The largest absolute Gasteiger partial charge is 0.483 e. The van der Waals surface area contributed by atoms with E-state index < -0.39 is 125 Å². The number of hydrogen-bond acceptors (Lipinski definition) is 18. The van der Waals surface area contributed by atoms with Crippen molar-refractivity contribution in [2.24, 2.45) is 0 Å². The minimum Gasteiger partial charge on any atom is -0.479 e. The number of amides is 1. The Morgan fingerprint density at radius 3 is 2.27 bits per heavy atom. The number of aromatic nitrogens is 2. The van der Waals surface area contributed by atoms with E-state index >= 15 is 0 Å². The second-order valence-corrected chi connectivity index (χ2v) is 13.6. The van der Waals surface area contributed by atoms with Crippen LogP contribution in [0.4, 0.5) is 0 Å². The molecule has 3 rings (SSSR count). The number of phosphoric acid groups is 2. The number of aliphatic hydroxyl groups is 6. The molecule has 11 N–H and O–H groups in total. The average molecular weight is 739 g/mol. The number of ether oxygens (including phenoxy) is 3. The highest BCUT2D eigenvalue weighted by molar-refractivity contribution is 7.61. The van der Waals surface area contributed by atoms with Gasteiger partial charge in [-0.3, -0.25) is 28.2 Å². The molecule has 0 aromatic carbocycles. The summed E-state index contributed by atoms with van der Waals surface area (Å²) in [5, 5.41) is 72.2. The van der Waals surface area contributed by atoms with Crippen molar-refractivity contribution < 1.29 is 91.8 Å². The van der Waals surface area contributed by atoms with Crippen molar-refractivity contribution in [3.05, 3.63) is 33.1 Å². The van der Waals surface area contributed by atoms with Crippen LogP contribution in [0, 0.1) is 0 Å². The molecule has 2 fully saturated rings. The van der Waals surface area contributed by atoms with E-state index in [-0.39, 0.29) is 0 Å². The minimum absolute atomic E-state index is 0.687. The van der Waals surface area contributed by atoms with Crippen LogP contribution in [0.25, 0.3) is 0 Å². The number of aliphatic hydroxyl groups excluding tert-OH is 6. The number of aliphatic carboxylic acids is 1. The second-order valence-electron chi connectivity index (χ2n) is 10.6. The van der Waals surface area contributed by atoms with Gasteiger partial charge in [0.1, 0.15) is 48.8 Å². The molecule has 2 aliphatic rings. The first-order valence-electron chi connectivity index (χ1n) is 13.6. The molecule has 48 heavy (non-hydrogen) atoms. The van der Waals surface area contributed by atoms with Crippen LogP contribution in [0.3, 0.4) is 0 Å². The molecule has 0 radical (unpaired) electrons. The van der Waals surface area contributed by atoms with E-state index in [9.17, 15) is 73.8 Å². The van der Waals surface area contributed by atoms with Gasteiger partial charge in [0.2, 0.25) is 5.91 Å². The Kier molecular flexibility index (Phi) is 13.0. The van der Waals surface area contributed by atoms with Gasteiger partial charge in [0.05, 0.1) is 19.8 Å². The summed E-state index contributed by atoms with van der Waals surface area (Å²) in [6.45, 7) is -1.70. The van der Waals surface area contributed by atoms with Gasteiger partial charge in [-0.05, 0) is 6.92 Å². The summed E-state index contributed by atoms with van der Waals surface area (Å²) < 4.78 is 55.7. The van der Waals surface area contributed by atoms with Crippen LogP contribution < -0.4 is 16.6 Å². The number of nitrogens with one attached hydrogen (secondary N) is 2. The van der Waals surface area contributed by atoms with Gasteiger partial charge < -0.3 is 65.1 Å². The van der Waals surface area contributed by atoms with Crippen molar-refractivity contribution in [3.8, 4) is 0 Å². The number of hydrogen-bond donors (Lipinski definition) is 11. The van der Waals surface area contributed by atoms with Crippen LogP contribution in [-0.4, -0.2) is 147 Å². The molecule has 0 saturated carbocycles. The fraction of sp³-hybridized carbons (Fsp3) is 0.727. The molecule has 26 heteroatoms. The monoisotopic (exact) mass is 739 g/mol. The SMILES string of the molecule is CC(=O)N[C@H]1[C@@H](OP(=O)(O)OP(=O)(O)OC[C@H]2O[C@@H](n3ccc(=O)[nH]c3=O)[C@H](O)[C@@H]2O)O[C@H](CO)[C@@H](O)[C@@H]1OC(C)(C(=O)O)[C@H](O)CO. The summed E-state index contributed by atoms with van der Waals surface area (Å²) >= 11 is 0. The predicted octanol–water partition coefficient (Wildman–Crippen LogP) is -5.43. The highest BCUT2D eigenvalue weighted by Gasteiger charge is 2.55. The standard InChI is InChI=1S/C22H35N3O21P2/c1-8(28)23-13-17(44-22(2,20(34)35)11(29)6-27)15(32)9(5-26)43-19(13)45-48(39,40)46-47(37,38)41-7-10-14(31)16(33)18(42-10)25-4-3-12(30)24-21(25)36/h3-4,9-11,13-19,26-27,29,31-33H,5-7H2,1-2H3,(H,23,28)(H,34,35)(H,37,38)(H,39,40)(H,24,30,36)/t9-,10-,11-,13-,14-,15-,16-,17-,18-,19-,22?/m1/s1. The highest BCUT2D eigenvalue weighted by Crippen LogP contribution is 2.61. The van der Waals surface area contributed by atoms with Crippen LogP contribution in [0.1, 0.15) is 20.1 Å². The molecular weight excluding hydrogens is 704 g/mol. The highest BCUT2D eigenvalue weighted by atomic mass is 31.3. The lowest BCUT2D eigenvalue weighted by Crippen LogP contribution is -2.68. The lowest BCUT2D eigenvalue weighted by molar-refractivity contribution is -0.281. The smallest absolute Gasteiger partial charge is 0.479 e. The lowest BCUT2D eigenvalue weighted by atomic mass is 9.93. The average Bonchev–Trinajstić information content (AvgIpc) is 3.26. The molecule has 1 aromatic rings. The molecule has 0 spiro atoms. The summed E-state index contributed by atoms with van der Waals surface area (Å²) in [5.41, 5.74) is -4.54. The third kappa shape index (κ3) is 9.19. The van der Waals surface area contributed by atoms with Crippen LogP contribution >= 0.6 is 15.6 Å². The number of carbonyl (C=O) groups excluding carboxylic acids is 1. The van der Waals surface area contributed by atoms with Gasteiger partial charge in [-0.2, -0.15) is 4.31 Å². The maximum atomic E-state index is 12.9. The van der Waals surface area contributed by atoms with Crippen LogP contribution in [-0.2, 0) is 46.3 Å². The Hall–Kier alpha value is -2.48. The number of H-pyrrole nitrogens is 1. The fourth-order valence-electron chi connectivity index (χ4n) is 4.61. The van der Waals surface area contributed by atoms with E-state index in [1.54, 1.807) is 0 Å². The molecule has 24 nitrogen and oxygen atoms in total. The van der Waals surface area contributed by atoms with Gasteiger partial charge in [0.15, 0.2) is 18.1 Å². The first-order chi connectivity index (χ1) is 22.2. The molecule has 0 aliphatic carbocycles. The Labute approximate surface area is 268 Å². The molecule has 1 aromatic heterocycles. The van der Waals surface area contributed by atoms with E-state index in [1.165, 1.54) is 0 Å². The third-order valence-electron chi connectivity index (χ3n) is 7.15. The number of rotatable bonds is 15. The van der Waals surface area contributed by atoms with Gasteiger partial charge in [-0.15, -0.1) is 0 Å². The zero-order valence-electron chi connectivity index (χ0n) is 24.8. The third-order valence-corrected chi connectivity index (χ3v) is 9.75. The number of carboxylic acid groups (broad SMARTS) is 1. The van der Waals surface area contributed by atoms with Crippen molar-refractivity contribution in [2.45, 2.75) is 80.7 Å². The molecule has 3 heterocycles. The Morgan fingerprint density at radius 1 is 1.08 bits per heavy atom. The molecule has 13 atom stereocenters. The van der Waals surface area contributed by atoms with Crippen molar-refractivity contribution in [1.29, 1.82) is 0 Å². The molecule has 0 bridgehead atoms. The van der Waals surface area contributed by atoms with E-state index in [1.807, 2.05) is 4.98 Å². The molecule has 1 amide bonds. The molecular formula is C22H35N3O21P2. The van der Waals surface area contributed by atoms with Crippen molar-refractivity contribution in [2.75, 3.05) is 19.8 Å². The van der Waals surface area contributed by atoms with Gasteiger partial charge in [-0.25, -0.2) is 18.7 Å². The van der Waals surface area contributed by atoms with Crippen LogP contribution in [0.2, 0.25) is 0 Å². The summed E-state index contributed by atoms with van der Waals surface area (Å²) in [6, 6.07) is -1.07. The van der Waals surface area contributed by atoms with Crippen molar-refractivity contribution in [1.82, 2.24) is 14.9 Å². The van der Waals surface area contributed by atoms with Gasteiger partial charge in [0.25, 0.3) is 5.56 Å². The van der Waals surface area contributed by atoms with Crippen molar-refractivity contribution in [3.63, 3.8) is 0 Å².